The lowest BCUT2D eigenvalue weighted by Gasteiger charge is -2.18. The third-order valence-corrected chi connectivity index (χ3v) is 6.47. The van der Waals surface area contributed by atoms with Gasteiger partial charge in [0.1, 0.15) is 5.76 Å². The van der Waals surface area contributed by atoms with Crippen molar-refractivity contribution in [3.63, 3.8) is 0 Å². The summed E-state index contributed by atoms with van der Waals surface area (Å²) >= 11 is 1.55. The topological polar surface area (TPSA) is 91.2 Å². The highest BCUT2D eigenvalue weighted by Gasteiger charge is 2.29. The first kappa shape index (κ1) is 19.7. The second-order valence-electron chi connectivity index (χ2n) is 7.32. The fourth-order valence-electron chi connectivity index (χ4n) is 3.75. The number of rotatable bonds is 7. The maximum absolute atomic E-state index is 13.3. The minimum Gasteiger partial charge on any atom is -0.454 e. The zero-order valence-corrected chi connectivity index (χ0v) is 18.1. The Bertz CT molecular complexity index is 1210. The summed E-state index contributed by atoms with van der Waals surface area (Å²) in [6.45, 7) is 1.25. The van der Waals surface area contributed by atoms with Crippen molar-refractivity contribution in [1.29, 1.82) is 0 Å². The molecule has 0 N–H and O–H groups in total. The van der Waals surface area contributed by atoms with Crippen LogP contribution in [0.1, 0.15) is 26.9 Å². The fourth-order valence-corrected chi connectivity index (χ4v) is 4.85. The molecule has 9 nitrogen and oxygen atoms in total. The highest BCUT2D eigenvalue weighted by atomic mass is 32.1. The summed E-state index contributed by atoms with van der Waals surface area (Å²) in [5, 5.41) is 9.20. The molecule has 0 saturated carbocycles. The van der Waals surface area contributed by atoms with Gasteiger partial charge in [0.15, 0.2) is 10.9 Å². The number of aryl methyl sites for hydroxylation is 2. The van der Waals surface area contributed by atoms with Crippen molar-refractivity contribution in [1.82, 2.24) is 24.5 Å². The Balaban J connectivity index is 1.43. The summed E-state index contributed by atoms with van der Waals surface area (Å²) in [6.07, 6.45) is 7.22. The van der Waals surface area contributed by atoms with E-state index in [9.17, 15) is 4.79 Å². The molecule has 4 aromatic heterocycles. The molecular weight excluding hydrogens is 416 g/mol. The zero-order valence-electron chi connectivity index (χ0n) is 17.3. The molecule has 0 radical (unpaired) electrons. The average molecular weight is 439 g/mol. The Kier molecular flexibility index (Phi) is 5.16. The molecule has 31 heavy (non-hydrogen) atoms. The van der Waals surface area contributed by atoms with Gasteiger partial charge in [-0.15, -0.1) is 11.3 Å². The molecule has 5 rings (SSSR count). The van der Waals surface area contributed by atoms with Crippen LogP contribution in [-0.4, -0.2) is 50.7 Å². The Morgan fingerprint density at radius 3 is 3.03 bits per heavy atom. The number of aromatic nitrogens is 5. The van der Waals surface area contributed by atoms with Gasteiger partial charge in [-0.2, -0.15) is 10.2 Å². The summed E-state index contributed by atoms with van der Waals surface area (Å²) in [7, 11) is 3.57. The van der Waals surface area contributed by atoms with Crippen LogP contribution in [0.5, 0.6) is 0 Å². The molecule has 1 aliphatic rings. The lowest BCUT2D eigenvalue weighted by molar-refractivity contribution is 0.0947. The van der Waals surface area contributed by atoms with E-state index < -0.39 is 0 Å². The maximum Gasteiger partial charge on any atom is 0.295 e. The van der Waals surface area contributed by atoms with Crippen molar-refractivity contribution in [2.24, 2.45) is 7.05 Å². The first-order valence-electron chi connectivity index (χ1n) is 10.0. The zero-order chi connectivity index (χ0) is 21.4. The van der Waals surface area contributed by atoms with Gasteiger partial charge in [-0.25, -0.2) is 4.98 Å². The average Bonchev–Trinajstić information content (AvgIpc) is 3.55. The minimum atomic E-state index is -0.235. The van der Waals surface area contributed by atoms with Crippen LogP contribution in [0.4, 0.5) is 5.13 Å². The molecule has 0 fully saturated rings. The van der Waals surface area contributed by atoms with E-state index in [4.69, 9.17) is 14.1 Å². The molecule has 1 amide bonds. The second-order valence-corrected chi connectivity index (χ2v) is 8.38. The van der Waals surface area contributed by atoms with Crippen LogP contribution in [-0.2, 0) is 31.2 Å². The fraction of sp³-hybridized carbons (Fsp3) is 0.333. The number of methoxy groups -OCH3 is 1. The third-order valence-electron chi connectivity index (χ3n) is 5.34. The number of amides is 1. The van der Waals surface area contributed by atoms with Crippen molar-refractivity contribution in [2.45, 2.75) is 19.4 Å². The van der Waals surface area contributed by atoms with E-state index >= 15 is 0 Å². The van der Waals surface area contributed by atoms with Gasteiger partial charge in [-0.3, -0.25) is 19.1 Å². The number of nitrogens with zero attached hydrogens (tertiary/aromatic N) is 6. The second kappa shape index (κ2) is 8.12. The SMILES string of the molecule is COCCN(C(=O)c1ccc(Cn2cccn2)o1)c1nc2c(s1)CCc1c-2cnn1C. The summed E-state index contributed by atoms with van der Waals surface area (Å²) in [5.74, 6) is 0.701. The predicted molar refractivity (Wildman–Crippen MR) is 115 cm³/mol. The first-order valence-corrected chi connectivity index (χ1v) is 10.8. The van der Waals surface area contributed by atoms with Gasteiger partial charge in [0.05, 0.1) is 31.6 Å². The molecule has 0 atom stereocenters. The standard InChI is InChI=1S/C21H22N6O3S/c1-25-16-5-7-18-19(15(16)12-23-25)24-21(31-18)27(10-11-29-2)20(28)17-6-4-14(30-17)13-26-9-3-8-22-26/h3-4,6,8-9,12H,5,7,10-11,13H2,1-2H3. The molecule has 160 valence electrons. The Labute approximate surface area is 182 Å². The molecule has 0 unspecified atom stereocenters. The summed E-state index contributed by atoms with van der Waals surface area (Å²) in [6, 6.07) is 5.35. The lowest BCUT2D eigenvalue weighted by Crippen LogP contribution is -2.33. The van der Waals surface area contributed by atoms with Gasteiger partial charge in [-0.1, -0.05) is 0 Å². The molecule has 4 heterocycles. The van der Waals surface area contributed by atoms with Gasteiger partial charge in [-0.05, 0) is 31.0 Å². The monoisotopic (exact) mass is 438 g/mol. The highest BCUT2D eigenvalue weighted by molar-refractivity contribution is 7.16. The van der Waals surface area contributed by atoms with Crippen LogP contribution in [0.2, 0.25) is 0 Å². The van der Waals surface area contributed by atoms with Crippen molar-refractivity contribution >= 4 is 22.4 Å². The largest absolute Gasteiger partial charge is 0.454 e. The smallest absolute Gasteiger partial charge is 0.295 e. The number of carbonyl (C=O) groups excluding carboxylic acids is 1. The van der Waals surface area contributed by atoms with Crippen molar-refractivity contribution in [3.05, 3.63) is 58.9 Å². The molecular formula is C21H22N6O3S. The minimum absolute atomic E-state index is 0.235. The van der Waals surface area contributed by atoms with Crippen LogP contribution in [0, 0.1) is 0 Å². The normalized spacial score (nSPS) is 12.6. The number of furan rings is 1. The Morgan fingerprint density at radius 2 is 2.23 bits per heavy atom. The molecule has 0 aromatic carbocycles. The van der Waals surface area contributed by atoms with E-state index in [1.807, 2.05) is 30.2 Å². The molecule has 0 bridgehead atoms. The molecule has 0 saturated heterocycles. The Hall–Kier alpha value is -3.24. The number of thiazole rings is 1. The van der Waals surface area contributed by atoms with Gasteiger partial charge < -0.3 is 9.15 Å². The first-order chi connectivity index (χ1) is 15.1. The molecule has 4 aromatic rings. The number of carbonyl (C=O) groups is 1. The highest BCUT2D eigenvalue weighted by Crippen LogP contribution is 2.39. The van der Waals surface area contributed by atoms with Crippen molar-refractivity contribution in [2.75, 3.05) is 25.2 Å². The number of ether oxygens (including phenoxy) is 1. The number of anilines is 1. The third kappa shape index (κ3) is 3.68. The van der Waals surface area contributed by atoms with E-state index in [0.29, 0.717) is 30.6 Å². The molecule has 0 aliphatic heterocycles. The van der Waals surface area contributed by atoms with Gasteiger partial charge in [0.2, 0.25) is 0 Å². The van der Waals surface area contributed by atoms with Crippen LogP contribution >= 0.6 is 11.3 Å². The van der Waals surface area contributed by atoms with Gasteiger partial charge in [0.25, 0.3) is 5.91 Å². The molecule has 10 heteroatoms. The van der Waals surface area contributed by atoms with E-state index in [0.717, 1.165) is 24.1 Å². The van der Waals surface area contributed by atoms with Crippen LogP contribution in [0.3, 0.4) is 0 Å². The van der Waals surface area contributed by atoms with Gasteiger partial charge >= 0.3 is 0 Å². The van der Waals surface area contributed by atoms with E-state index in [1.165, 1.54) is 10.6 Å². The quantitative estimate of drug-likeness (QED) is 0.441. The summed E-state index contributed by atoms with van der Waals surface area (Å²) in [4.78, 5) is 21.0. The van der Waals surface area contributed by atoms with Crippen LogP contribution in [0.15, 0.2) is 41.2 Å². The number of hydrogen-bond acceptors (Lipinski definition) is 7. The molecule has 1 aliphatic carbocycles. The van der Waals surface area contributed by atoms with Crippen molar-refractivity contribution < 1.29 is 13.9 Å². The predicted octanol–water partition coefficient (Wildman–Crippen LogP) is 2.77. The lowest BCUT2D eigenvalue weighted by atomic mass is 10.0. The van der Waals surface area contributed by atoms with Crippen molar-refractivity contribution in [3.8, 4) is 11.3 Å². The summed E-state index contributed by atoms with van der Waals surface area (Å²) in [5.41, 5.74) is 3.14. The van der Waals surface area contributed by atoms with E-state index in [2.05, 4.69) is 10.2 Å². The van der Waals surface area contributed by atoms with E-state index in [1.54, 1.807) is 46.4 Å². The van der Waals surface area contributed by atoms with Crippen LogP contribution < -0.4 is 4.90 Å². The maximum atomic E-state index is 13.3. The molecule has 0 spiro atoms. The number of fused-ring (bicyclic) bond motifs is 3. The number of hydrogen-bond donors (Lipinski definition) is 0. The van der Waals surface area contributed by atoms with Crippen LogP contribution in [0.25, 0.3) is 11.3 Å². The van der Waals surface area contributed by atoms with E-state index in [-0.39, 0.29) is 11.7 Å². The Morgan fingerprint density at radius 1 is 1.32 bits per heavy atom. The summed E-state index contributed by atoms with van der Waals surface area (Å²) < 4.78 is 14.7. The van der Waals surface area contributed by atoms with Gasteiger partial charge in [0, 0.05) is 42.7 Å².